The van der Waals surface area contributed by atoms with Gasteiger partial charge in [0.2, 0.25) is 5.91 Å². The fraction of sp³-hybridized carbons (Fsp3) is 0.611. The molecule has 1 heterocycles. The first-order valence-electron chi connectivity index (χ1n) is 8.40. The van der Waals surface area contributed by atoms with Crippen LogP contribution in [0, 0.1) is 12.8 Å². The van der Waals surface area contributed by atoms with Crippen molar-refractivity contribution in [3.63, 3.8) is 0 Å². The molecule has 128 valence electrons. The number of nitrogens with one attached hydrogen (secondary N) is 2. The van der Waals surface area contributed by atoms with Crippen LogP contribution < -0.4 is 15.4 Å². The molecule has 0 saturated carbocycles. The van der Waals surface area contributed by atoms with Crippen molar-refractivity contribution in [2.24, 2.45) is 5.92 Å². The number of piperidine rings is 1. The highest BCUT2D eigenvalue weighted by Gasteiger charge is 2.20. The first kappa shape index (κ1) is 17.8. The second-order valence-corrected chi connectivity index (χ2v) is 6.05. The molecule has 1 aliphatic rings. The van der Waals surface area contributed by atoms with Crippen LogP contribution in [-0.4, -0.2) is 39.3 Å². The number of carbonyl (C=O) groups is 1. The van der Waals surface area contributed by atoms with Gasteiger partial charge in [0.25, 0.3) is 0 Å². The lowest BCUT2D eigenvalue weighted by molar-refractivity contribution is -0.125. The van der Waals surface area contributed by atoms with Crippen molar-refractivity contribution in [3.05, 3.63) is 29.3 Å². The largest absolute Gasteiger partial charge is 0.493 e. The first-order valence-corrected chi connectivity index (χ1v) is 8.40. The zero-order valence-electron chi connectivity index (χ0n) is 14.2. The average Bonchev–Trinajstić information content (AvgIpc) is 2.58. The van der Waals surface area contributed by atoms with Crippen molar-refractivity contribution in [2.45, 2.75) is 32.7 Å². The van der Waals surface area contributed by atoms with Gasteiger partial charge in [-0.3, -0.25) is 4.79 Å². The molecular formula is C18H28N2O3. The van der Waals surface area contributed by atoms with Gasteiger partial charge >= 0.3 is 0 Å². The summed E-state index contributed by atoms with van der Waals surface area (Å²) in [6.45, 7) is 5.72. The zero-order chi connectivity index (χ0) is 16.5. The lowest BCUT2D eigenvalue weighted by Gasteiger charge is -2.22. The zero-order valence-corrected chi connectivity index (χ0v) is 14.2. The number of hydrogen-bond acceptors (Lipinski definition) is 4. The third kappa shape index (κ3) is 5.84. The second-order valence-electron chi connectivity index (χ2n) is 6.05. The Morgan fingerprint density at radius 1 is 1.30 bits per heavy atom. The Balaban J connectivity index is 1.88. The summed E-state index contributed by atoms with van der Waals surface area (Å²) in [5, 5.41) is 6.34. The molecular weight excluding hydrogens is 292 g/mol. The van der Waals surface area contributed by atoms with Crippen LogP contribution in [0.25, 0.3) is 0 Å². The highest BCUT2D eigenvalue weighted by molar-refractivity contribution is 5.78. The number of methoxy groups -OCH3 is 1. The van der Waals surface area contributed by atoms with Gasteiger partial charge in [-0.15, -0.1) is 0 Å². The number of benzene rings is 1. The van der Waals surface area contributed by atoms with Crippen molar-refractivity contribution >= 4 is 5.91 Å². The molecule has 0 atom stereocenters. The Kier molecular flexibility index (Phi) is 7.36. The lowest BCUT2D eigenvalue weighted by Crippen LogP contribution is -2.37. The van der Waals surface area contributed by atoms with Gasteiger partial charge in [-0.2, -0.15) is 0 Å². The lowest BCUT2D eigenvalue weighted by atomic mass is 9.97. The molecule has 1 fully saturated rings. The molecule has 0 aromatic heterocycles. The van der Waals surface area contributed by atoms with Gasteiger partial charge in [0, 0.05) is 38.2 Å². The number of amides is 1. The number of aryl methyl sites for hydroxylation is 1. The van der Waals surface area contributed by atoms with E-state index in [-0.39, 0.29) is 11.8 Å². The van der Waals surface area contributed by atoms with Crippen molar-refractivity contribution in [3.8, 4) is 5.75 Å². The maximum absolute atomic E-state index is 12.3. The van der Waals surface area contributed by atoms with E-state index in [0.717, 1.165) is 49.2 Å². The fourth-order valence-corrected chi connectivity index (χ4v) is 2.74. The van der Waals surface area contributed by atoms with E-state index in [1.54, 1.807) is 7.11 Å². The van der Waals surface area contributed by atoms with Crippen LogP contribution in [0.1, 0.15) is 30.4 Å². The van der Waals surface area contributed by atoms with Crippen molar-refractivity contribution in [1.29, 1.82) is 0 Å². The Labute approximate surface area is 138 Å². The summed E-state index contributed by atoms with van der Waals surface area (Å²) in [6.07, 6.45) is 2.69. The third-order valence-corrected chi connectivity index (χ3v) is 4.14. The number of hydrogen-bond donors (Lipinski definition) is 2. The van der Waals surface area contributed by atoms with Gasteiger partial charge in [0.05, 0.1) is 6.61 Å². The predicted octanol–water partition coefficient (Wildman–Crippen LogP) is 2.03. The van der Waals surface area contributed by atoms with Crippen molar-refractivity contribution < 1.29 is 14.3 Å². The minimum atomic E-state index is 0.132. The van der Waals surface area contributed by atoms with E-state index in [4.69, 9.17) is 9.47 Å². The van der Waals surface area contributed by atoms with Crippen LogP contribution in [-0.2, 0) is 16.1 Å². The van der Waals surface area contributed by atoms with Gasteiger partial charge in [-0.1, -0.05) is 12.1 Å². The molecule has 2 rings (SSSR count). The molecule has 1 aliphatic heterocycles. The van der Waals surface area contributed by atoms with E-state index in [1.165, 1.54) is 0 Å². The monoisotopic (exact) mass is 320 g/mol. The van der Waals surface area contributed by atoms with Crippen LogP contribution in [0.4, 0.5) is 0 Å². The van der Waals surface area contributed by atoms with Crippen molar-refractivity contribution in [2.75, 3.05) is 33.4 Å². The van der Waals surface area contributed by atoms with Gasteiger partial charge < -0.3 is 20.1 Å². The smallest absolute Gasteiger partial charge is 0.223 e. The van der Waals surface area contributed by atoms with E-state index in [0.29, 0.717) is 19.8 Å². The molecule has 1 aromatic rings. The Morgan fingerprint density at radius 2 is 2.09 bits per heavy atom. The summed E-state index contributed by atoms with van der Waals surface area (Å²) in [4.78, 5) is 12.3. The predicted molar refractivity (Wildman–Crippen MR) is 90.6 cm³/mol. The SMILES string of the molecule is COCCCOc1cc(C)ccc1CNC(=O)C1CCNCC1. The van der Waals surface area contributed by atoms with Crippen LogP contribution in [0.2, 0.25) is 0 Å². The number of carbonyl (C=O) groups excluding carboxylic acids is 1. The molecule has 5 heteroatoms. The quantitative estimate of drug-likeness (QED) is 0.720. The summed E-state index contributed by atoms with van der Waals surface area (Å²) in [6, 6.07) is 6.11. The standard InChI is InChI=1S/C18H28N2O3/c1-14-4-5-16(17(12-14)23-11-3-10-22-2)13-20-18(21)15-6-8-19-9-7-15/h4-5,12,15,19H,3,6-11,13H2,1-2H3,(H,20,21). The second kappa shape index (κ2) is 9.53. The average molecular weight is 320 g/mol. The molecule has 1 saturated heterocycles. The highest BCUT2D eigenvalue weighted by Crippen LogP contribution is 2.21. The number of ether oxygens (including phenoxy) is 2. The highest BCUT2D eigenvalue weighted by atomic mass is 16.5. The minimum absolute atomic E-state index is 0.132. The van der Waals surface area contributed by atoms with Crippen LogP contribution in [0.15, 0.2) is 18.2 Å². The molecule has 0 radical (unpaired) electrons. The topological polar surface area (TPSA) is 59.6 Å². The summed E-state index contributed by atoms with van der Waals surface area (Å²) in [7, 11) is 1.69. The summed E-state index contributed by atoms with van der Waals surface area (Å²) in [5.41, 5.74) is 2.18. The summed E-state index contributed by atoms with van der Waals surface area (Å²) < 4.78 is 10.9. The van der Waals surface area contributed by atoms with Gasteiger partial charge in [0.1, 0.15) is 5.75 Å². The molecule has 1 amide bonds. The van der Waals surface area contributed by atoms with Crippen molar-refractivity contribution in [1.82, 2.24) is 10.6 Å². The minimum Gasteiger partial charge on any atom is -0.493 e. The maximum atomic E-state index is 12.3. The van der Waals surface area contributed by atoms with Gasteiger partial charge in [0.15, 0.2) is 0 Å². The molecule has 23 heavy (non-hydrogen) atoms. The summed E-state index contributed by atoms with van der Waals surface area (Å²) >= 11 is 0. The third-order valence-electron chi connectivity index (χ3n) is 4.14. The molecule has 0 spiro atoms. The molecule has 2 N–H and O–H groups in total. The van der Waals surface area contributed by atoms with Gasteiger partial charge in [-0.25, -0.2) is 0 Å². The van der Waals surface area contributed by atoms with Crippen LogP contribution in [0.3, 0.4) is 0 Å². The Bertz CT molecular complexity index is 499. The summed E-state index contributed by atoms with van der Waals surface area (Å²) in [5.74, 6) is 1.14. The van der Waals surface area contributed by atoms with Crippen LogP contribution in [0.5, 0.6) is 5.75 Å². The van der Waals surface area contributed by atoms with E-state index in [1.807, 2.05) is 25.1 Å². The Morgan fingerprint density at radius 3 is 2.83 bits per heavy atom. The molecule has 0 aliphatic carbocycles. The fourth-order valence-electron chi connectivity index (χ4n) is 2.74. The normalized spacial score (nSPS) is 15.4. The van der Waals surface area contributed by atoms with Crippen LogP contribution >= 0.6 is 0 Å². The maximum Gasteiger partial charge on any atom is 0.223 e. The first-order chi connectivity index (χ1) is 11.2. The Hall–Kier alpha value is -1.59. The molecule has 0 bridgehead atoms. The molecule has 0 unspecified atom stereocenters. The van der Waals surface area contributed by atoms with E-state index in [2.05, 4.69) is 10.6 Å². The van der Waals surface area contributed by atoms with E-state index < -0.39 is 0 Å². The molecule has 5 nitrogen and oxygen atoms in total. The molecule has 1 aromatic carbocycles. The van der Waals surface area contributed by atoms with E-state index in [9.17, 15) is 4.79 Å². The number of rotatable bonds is 8. The van der Waals surface area contributed by atoms with Gasteiger partial charge in [-0.05, 0) is 44.5 Å². The van der Waals surface area contributed by atoms with E-state index >= 15 is 0 Å².